The van der Waals surface area contributed by atoms with Gasteiger partial charge in [-0.3, -0.25) is 0 Å². The van der Waals surface area contributed by atoms with Crippen molar-refractivity contribution in [1.82, 2.24) is 20.2 Å². The first-order chi connectivity index (χ1) is 9.28. The van der Waals surface area contributed by atoms with Crippen LogP contribution in [0.4, 0.5) is 5.69 Å². The van der Waals surface area contributed by atoms with Crippen molar-refractivity contribution in [2.24, 2.45) is 0 Å². The van der Waals surface area contributed by atoms with E-state index in [9.17, 15) is 0 Å². The zero-order valence-electron chi connectivity index (χ0n) is 10.6. The molecule has 19 heavy (non-hydrogen) atoms. The summed E-state index contributed by atoms with van der Waals surface area (Å²) in [5, 5.41) is 12.7. The maximum atomic E-state index is 5.81. The molecular weight excluding hydrogens is 262 g/mol. The maximum absolute atomic E-state index is 5.81. The highest BCUT2D eigenvalue weighted by molar-refractivity contribution is 7.98. The van der Waals surface area contributed by atoms with Gasteiger partial charge in [-0.05, 0) is 41.5 Å². The van der Waals surface area contributed by atoms with Crippen molar-refractivity contribution in [3.63, 3.8) is 0 Å². The molecule has 3 rings (SSSR count). The molecule has 1 heterocycles. The topological polar surface area (TPSA) is 78.8 Å². The lowest BCUT2D eigenvalue weighted by atomic mass is 10.2. The Hall–Kier alpha value is -1.76. The van der Waals surface area contributed by atoms with Crippen molar-refractivity contribution in [1.29, 1.82) is 0 Å². The molecule has 0 spiro atoms. The van der Waals surface area contributed by atoms with Crippen LogP contribution in [0.25, 0.3) is 0 Å². The lowest BCUT2D eigenvalue weighted by Crippen LogP contribution is -1.99. The standard InChI is InChI=1S/C12H15N5OS/c1-18-11-5-2-9(13)6-8(11)7-19-12-14-15-16-17(12)10-3-4-10/h2,5-6,10H,3-4,7,13H2,1H3. The second kappa shape index (κ2) is 5.08. The molecule has 2 aromatic rings. The van der Waals surface area contributed by atoms with Crippen molar-refractivity contribution in [3.8, 4) is 5.75 Å². The Bertz CT molecular complexity index is 581. The number of ether oxygens (including phenoxy) is 1. The molecule has 6 nitrogen and oxygen atoms in total. The lowest BCUT2D eigenvalue weighted by molar-refractivity contribution is 0.411. The number of rotatable bonds is 5. The monoisotopic (exact) mass is 277 g/mol. The third kappa shape index (κ3) is 2.65. The van der Waals surface area contributed by atoms with Crippen LogP contribution in [0.1, 0.15) is 24.4 Å². The Balaban J connectivity index is 1.74. The number of tetrazole rings is 1. The smallest absolute Gasteiger partial charge is 0.209 e. The highest BCUT2D eigenvalue weighted by atomic mass is 32.2. The van der Waals surface area contributed by atoms with Crippen LogP contribution in [0, 0.1) is 0 Å². The van der Waals surface area contributed by atoms with E-state index in [4.69, 9.17) is 10.5 Å². The van der Waals surface area contributed by atoms with Crippen LogP contribution >= 0.6 is 11.8 Å². The Kier molecular flexibility index (Phi) is 3.29. The first-order valence-corrected chi connectivity index (χ1v) is 7.09. The summed E-state index contributed by atoms with van der Waals surface area (Å²) in [6.45, 7) is 0. The zero-order chi connectivity index (χ0) is 13.2. The van der Waals surface area contributed by atoms with Gasteiger partial charge in [-0.25, -0.2) is 4.68 Å². The van der Waals surface area contributed by atoms with Crippen LogP contribution in [0.15, 0.2) is 23.4 Å². The van der Waals surface area contributed by atoms with Gasteiger partial charge in [0.05, 0.1) is 13.2 Å². The molecule has 0 unspecified atom stereocenters. The molecule has 1 aromatic carbocycles. The van der Waals surface area contributed by atoms with Crippen LogP contribution in [-0.2, 0) is 5.75 Å². The van der Waals surface area contributed by atoms with Crippen molar-refractivity contribution in [3.05, 3.63) is 23.8 Å². The maximum Gasteiger partial charge on any atom is 0.209 e. The molecule has 0 atom stereocenters. The van der Waals surface area contributed by atoms with E-state index in [-0.39, 0.29) is 0 Å². The SMILES string of the molecule is COc1ccc(N)cc1CSc1nnnn1C1CC1. The fraction of sp³-hybridized carbons (Fsp3) is 0.417. The number of nitrogens with zero attached hydrogens (tertiary/aromatic N) is 4. The number of aromatic nitrogens is 4. The van der Waals surface area contributed by atoms with Gasteiger partial charge in [0, 0.05) is 17.0 Å². The van der Waals surface area contributed by atoms with Gasteiger partial charge in [-0.2, -0.15) is 0 Å². The summed E-state index contributed by atoms with van der Waals surface area (Å²) >= 11 is 1.60. The molecule has 1 fully saturated rings. The minimum atomic E-state index is 0.486. The molecule has 7 heteroatoms. The van der Waals surface area contributed by atoms with Gasteiger partial charge in [0.25, 0.3) is 0 Å². The zero-order valence-corrected chi connectivity index (χ0v) is 11.4. The number of benzene rings is 1. The molecule has 0 bridgehead atoms. The van der Waals surface area contributed by atoms with Crippen LogP contribution in [-0.4, -0.2) is 27.3 Å². The average Bonchev–Trinajstić information content (AvgIpc) is 3.15. The van der Waals surface area contributed by atoms with Crippen LogP contribution < -0.4 is 10.5 Å². The molecule has 0 amide bonds. The van der Waals surface area contributed by atoms with E-state index in [1.165, 1.54) is 12.8 Å². The molecule has 1 aliphatic rings. The molecule has 1 saturated carbocycles. The van der Waals surface area contributed by atoms with E-state index in [2.05, 4.69) is 15.5 Å². The highest BCUT2D eigenvalue weighted by Crippen LogP contribution is 2.37. The quantitative estimate of drug-likeness (QED) is 0.664. The molecule has 2 N–H and O–H groups in total. The predicted octanol–water partition coefficient (Wildman–Crippen LogP) is 1.89. The predicted molar refractivity (Wildman–Crippen MR) is 73.1 cm³/mol. The lowest BCUT2D eigenvalue weighted by Gasteiger charge is -2.08. The van der Waals surface area contributed by atoms with Crippen molar-refractivity contribution >= 4 is 17.4 Å². The molecular formula is C12H15N5OS. The third-order valence-electron chi connectivity index (χ3n) is 3.02. The first kappa shape index (κ1) is 12.3. The largest absolute Gasteiger partial charge is 0.496 e. The summed E-state index contributed by atoms with van der Waals surface area (Å²) in [5.74, 6) is 1.58. The summed E-state index contributed by atoms with van der Waals surface area (Å²) in [7, 11) is 1.66. The summed E-state index contributed by atoms with van der Waals surface area (Å²) in [6.07, 6.45) is 2.33. The minimum absolute atomic E-state index is 0.486. The fourth-order valence-corrected chi connectivity index (χ4v) is 2.80. The molecule has 0 aliphatic heterocycles. The van der Waals surface area contributed by atoms with Gasteiger partial charge >= 0.3 is 0 Å². The fourth-order valence-electron chi connectivity index (χ4n) is 1.88. The number of hydrogen-bond acceptors (Lipinski definition) is 6. The van der Waals surface area contributed by atoms with Gasteiger partial charge in [-0.15, -0.1) is 5.10 Å². The number of thioether (sulfide) groups is 1. The normalized spacial score (nSPS) is 14.6. The van der Waals surface area contributed by atoms with Gasteiger partial charge in [-0.1, -0.05) is 11.8 Å². The van der Waals surface area contributed by atoms with Gasteiger partial charge < -0.3 is 10.5 Å². The van der Waals surface area contributed by atoms with Gasteiger partial charge in [0.15, 0.2) is 0 Å². The number of methoxy groups -OCH3 is 1. The Labute approximate surface area is 115 Å². The third-order valence-corrected chi connectivity index (χ3v) is 4.00. The van der Waals surface area contributed by atoms with Crippen LogP contribution in [0.5, 0.6) is 5.75 Å². The van der Waals surface area contributed by atoms with Crippen LogP contribution in [0.3, 0.4) is 0 Å². The number of hydrogen-bond donors (Lipinski definition) is 1. The van der Waals surface area contributed by atoms with Crippen LogP contribution in [0.2, 0.25) is 0 Å². The molecule has 1 aromatic heterocycles. The van der Waals surface area contributed by atoms with E-state index < -0.39 is 0 Å². The molecule has 0 saturated heterocycles. The van der Waals surface area contributed by atoms with Crippen molar-refractivity contribution in [2.45, 2.75) is 29.8 Å². The second-order valence-electron chi connectivity index (χ2n) is 4.50. The summed E-state index contributed by atoms with van der Waals surface area (Å²) in [4.78, 5) is 0. The highest BCUT2D eigenvalue weighted by Gasteiger charge is 2.27. The number of anilines is 1. The first-order valence-electron chi connectivity index (χ1n) is 6.11. The Morgan fingerprint density at radius 3 is 3.05 bits per heavy atom. The van der Waals surface area contributed by atoms with E-state index in [0.29, 0.717) is 6.04 Å². The summed E-state index contributed by atoms with van der Waals surface area (Å²) in [6, 6.07) is 6.13. The minimum Gasteiger partial charge on any atom is -0.496 e. The Morgan fingerprint density at radius 2 is 2.32 bits per heavy atom. The van der Waals surface area contributed by atoms with E-state index in [1.54, 1.807) is 18.9 Å². The molecule has 1 aliphatic carbocycles. The number of nitrogen functional groups attached to an aromatic ring is 1. The summed E-state index contributed by atoms with van der Waals surface area (Å²) < 4.78 is 7.24. The average molecular weight is 277 g/mol. The number of nitrogens with two attached hydrogens (primary N) is 1. The van der Waals surface area contributed by atoms with Gasteiger partial charge in [0.2, 0.25) is 5.16 Å². The molecule has 100 valence electrons. The van der Waals surface area contributed by atoms with Gasteiger partial charge in [0.1, 0.15) is 5.75 Å². The van der Waals surface area contributed by atoms with E-state index >= 15 is 0 Å². The van der Waals surface area contributed by atoms with E-state index in [1.807, 2.05) is 22.9 Å². The van der Waals surface area contributed by atoms with Crippen molar-refractivity contribution < 1.29 is 4.74 Å². The van der Waals surface area contributed by atoms with Crippen molar-refractivity contribution in [2.75, 3.05) is 12.8 Å². The molecule has 0 radical (unpaired) electrons. The Morgan fingerprint density at radius 1 is 1.47 bits per heavy atom. The second-order valence-corrected chi connectivity index (χ2v) is 5.44. The summed E-state index contributed by atoms with van der Waals surface area (Å²) in [5.41, 5.74) is 7.60. The van der Waals surface area contributed by atoms with E-state index in [0.717, 1.165) is 27.9 Å².